The molecule has 20 heavy (non-hydrogen) atoms. The van der Waals surface area contributed by atoms with Gasteiger partial charge < -0.3 is 0 Å². The van der Waals surface area contributed by atoms with Crippen molar-refractivity contribution in [2.24, 2.45) is 0 Å². The van der Waals surface area contributed by atoms with Crippen molar-refractivity contribution in [3.8, 4) is 0 Å². The number of rotatable bonds is 4. The molecule has 0 aliphatic carbocycles. The summed E-state index contributed by atoms with van der Waals surface area (Å²) in [6.07, 6.45) is 1.26. The van der Waals surface area contributed by atoms with E-state index >= 15 is 0 Å². The average molecular weight is 284 g/mol. The van der Waals surface area contributed by atoms with E-state index in [4.69, 9.17) is 0 Å². The summed E-state index contributed by atoms with van der Waals surface area (Å²) in [6.45, 7) is 24.5. The Morgan fingerprint density at radius 1 is 0.900 bits per heavy atom. The van der Waals surface area contributed by atoms with Crippen molar-refractivity contribution in [1.82, 2.24) is 14.7 Å². The molecule has 1 saturated heterocycles. The van der Waals surface area contributed by atoms with Gasteiger partial charge in [-0.2, -0.15) is 0 Å². The van der Waals surface area contributed by atoms with Gasteiger partial charge in [0.1, 0.15) is 0 Å². The normalized spacial score (nSPS) is 21.4. The van der Waals surface area contributed by atoms with Crippen LogP contribution in [0.5, 0.6) is 0 Å². The molecule has 0 bridgehead atoms. The molecule has 1 aliphatic rings. The van der Waals surface area contributed by atoms with Gasteiger partial charge in [-0.15, -0.1) is 0 Å². The van der Waals surface area contributed by atoms with E-state index in [-0.39, 0.29) is 11.1 Å². The maximum atomic E-state index is 2.63. The van der Waals surface area contributed by atoms with Gasteiger partial charge in [0.25, 0.3) is 0 Å². The van der Waals surface area contributed by atoms with Crippen LogP contribution in [-0.2, 0) is 0 Å². The monoisotopic (exact) mass is 283 g/mol. The van der Waals surface area contributed by atoms with Crippen LogP contribution in [0, 0.1) is 0 Å². The first kappa shape index (κ1) is 17.9. The largest absolute Gasteiger partial charge is 0.298 e. The Morgan fingerprint density at radius 2 is 1.35 bits per heavy atom. The third kappa shape index (κ3) is 5.01. The first-order chi connectivity index (χ1) is 9.05. The molecule has 0 amide bonds. The Morgan fingerprint density at radius 3 is 1.70 bits per heavy atom. The van der Waals surface area contributed by atoms with Gasteiger partial charge >= 0.3 is 0 Å². The quantitative estimate of drug-likeness (QED) is 0.784. The molecular formula is C17H37N3. The van der Waals surface area contributed by atoms with Gasteiger partial charge in [-0.05, 0) is 54.9 Å². The average Bonchev–Trinajstić information content (AvgIpc) is 2.33. The van der Waals surface area contributed by atoms with Crippen LogP contribution in [0.2, 0.25) is 0 Å². The molecule has 0 N–H and O–H groups in total. The van der Waals surface area contributed by atoms with Gasteiger partial charge in [-0.25, -0.2) is 0 Å². The summed E-state index contributed by atoms with van der Waals surface area (Å²) < 4.78 is 0. The van der Waals surface area contributed by atoms with E-state index in [9.17, 15) is 0 Å². The minimum Gasteiger partial charge on any atom is -0.298 e. The Hall–Kier alpha value is -0.120. The highest BCUT2D eigenvalue weighted by molar-refractivity contribution is 4.87. The molecule has 1 heterocycles. The van der Waals surface area contributed by atoms with E-state index in [1.54, 1.807) is 0 Å². The van der Waals surface area contributed by atoms with Gasteiger partial charge in [0.2, 0.25) is 0 Å². The third-order valence-corrected chi connectivity index (χ3v) is 4.58. The Balaban J connectivity index is 2.57. The summed E-state index contributed by atoms with van der Waals surface area (Å²) in [4.78, 5) is 7.88. The minimum atomic E-state index is 0.214. The van der Waals surface area contributed by atoms with E-state index in [1.807, 2.05) is 0 Å². The van der Waals surface area contributed by atoms with Crippen LogP contribution in [0.3, 0.4) is 0 Å². The molecule has 0 aromatic rings. The molecular weight excluding hydrogens is 246 g/mol. The highest BCUT2D eigenvalue weighted by atomic mass is 15.4. The Labute approximate surface area is 127 Å². The van der Waals surface area contributed by atoms with Crippen LogP contribution in [0.15, 0.2) is 0 Å². The van der Waals surface area contributed by atoms with Crippen LogP contribution < -0.4 is 0 Å². The Bertz CT molecular complexity index is 266. The zero-order valence-corrected chi connectivity index (χ0v) is 15.2. The lowest BCUT2D eigenvalue weighted by Gasteiger charge is -2.49. The first-order valence-corrected chi connectivity index (χ1v) is 8.30. The zero-order valence-electron chi connectivity index (χ0n) is 15.2. The molecule has 0 radical (unpaired) electrons. The van der Waals surface area contributed by atoms with Crippen molar-refractivity contribution in [2.45, 2.75) is 78.9 Å². The number of hydrogen-bond acceptors (Lipinski definition) is 3. The number of hydrogen-bond donors (Lipinski definition) is 0. The lowest BCUT2D eigenvalue weighted by atomic mass is 9.97. The molecule has 0 aromatic carbocycles. The van der Waals surface area contributed by atoms with Crippen LogP contribution in [0.25, 0.3) is 0 Å². The summed E-state index contributed by atoms with van der Waals surface area (Å²) in [7, 11) is 0. The van der Waals surface area contributed by atoms with E-state index in [2.05, 4.69) is 70.1 Å². The second-order valence-corrected chi connectivity index (χ2v) is 8.32. The van der Waals surface area contributed by atoms with Crippen LogP contribution in [0.4, 0.5) is 0 Å². The molecule has 1 fully saturated rings. The maximum Gasteiger partial charge on any atom is 0.0517 e. The SMILES string of the molecule is CCC(C)N1CCN(CN(C(C)(C)C)C(C)(C)C)CC1. The Kier molecular flexibility index (Phi) is 6.06. The van der Waals surface area contributed by atoms with Crippen molar-refractivity contribution in [1.29, 1.82) is 0 Å². The fourth-order valence-electron chi connectivity index (χ4n) is 3.23. The predicted molar refractivity (Wildman–Crippen MR) is 89.1 cm³/mol. The van der Waals surface area contributed by atoms with Gasteiger partial charge in [-0.3, -0.25) is 14.7 Å². The van der Waals surface area contributed by atoms with Crippen molar-refractivity contribution < 1.29 is 0 Å². The van der Waals surface area contributed by atoms with Crippen LogP contribution >= 0.6 is 0 Å². The van der Waals surface area contributed by atoms with Crippen molar-refractivity contribution in [3.63, 3.8) is 0 Å². The molecule has 1 atom stereocenters. The van der Waals surface area contributed by atoms with Gasteiger partial charge in [0.15, 0.2) is 0 Å². The lowest BCUT2D eigenvalue weighted by Crippen LogP contribution is -2.59. The minimum absolute atomic E-state index is 0.214. The topological polar surface area (TPSA) is 9.72 Å². The molecule has 0 saturated carbocycles. The molecule has 1 aliphatic heterocycles. The number of piperazine rings is 1. The summed E-state index contributed by atoms with van der Waals surface area (Å²) in [5.41, 5.74) is 0.429. The maximum absolute atomic E-state index is 2.63. The van der Waals surface area contributed by atoms with Gasteiger partial charge in [0, 0.05) is 43.3 Å². The van der Waals surface area contributed by atoms with Gasteiger partial charge in [-0.1, -0.05) is 6.92 Å². The summed E-state index contributed by atoms with van der Waals surface area (Å²) >= 11 is 0. The van der Waals surface area contributed by atoms with Crippen LogP contribution in [-0.4, -0.2) is 64.7 Å². The molecule has 0 spiro atoms. The fourth-order valence-corrected chi connectivity index (χ4v) is 3.23. The standard InChI is InChI=1S/C17H37N3/c1-9-15(2)19-12-10-18(11-13-19)14-20(16(3,4)5)17(6,7)8/h15H,9-14H2,1-8H3. The lowest BCUT2D eigenvalue weighted by molar-refractivity contribution is -0.0312. The predicted octanol–water partition coefficient (Wildman–Crippen LogP) is 3.26. The summed E-state index contributed by atoms with van der Waals surface area (Å²) in [6, 6.07) is 0.735. The second kappa shape index (κ2) is 6.76. The highest BCUT2D eigenvalue weighted by Crippen LogP contribution is 2.25. The number of nitrogens with zero attached hydrogens (tertiary/aromatic N) is 3. The van der Waals surface area contributed by atoms with Crippen molar-refractivity contribution in [3.05, 3.63) is 0 Å². The van der Waals surface area contributed by atoms with E-state index < -0.39 is 0 Å². The smallest absolute Gasteiger partial charge is 0.0517 e. The second-order valence-electron chi connectivity index (χ2n) is 8.32. The molecule has 3 heteroatoms. The van der Waals surface area contributed by atoms with E-state index in [0.29, 0.717) is 0 Å². The highest BCUT2D eigenvalue weighted by Gasteiger charge is 2.33. The molecule has 1 unspecified atom stereocenters. The molecule has 0 aromatic heterocycles. The zero-order chi connectivity index (χ0) is 15.6. The van der Waals surface area contributed by atoms with Crippen LogP contribution in [0.1, 0.15) is 61.8 Å². The van der Waals surface area contributed by atoms with E-state index in [1.165, 1.54) is 32.6 Å². The fraction of sp³-hybridized carbons (Fsp3) is 1.00. The van der Waals surface area contributed by atoms with Crippen molar-refractivity contribution >= 4 is 0 Å². The molecule has 120 valence electrons. The summed E-state index contributed by atoms with van der Waals surface area (Å²) in [5.74, 6) is 0. The van der Waals surface area contributed by atoms with E-state index in [0.717, 1.165) is 12.7 Å². The third-order valence-electron chi connectivity index (χ3n) is 4.58. The summed E-state index contributed by atoms with van der Waals surface area (Å²) in [5, 5.41) is 0. The van der Waals surface area contributed by atoms with Gasteiger partial charge in [0.05, 0.1) is 6.67 Å². The van der Waals surface area contributed by atoms with Crippen molar-refractivity contribution in [2.75, 3.05) is 32.8 Å². The molecule has 3 nitrogen and oxygen atoms in total. The molecule has 1 rings (SSSR count). The first-order valence-electron chi connectivity index (χ1n) is 8.30.